The summed E-state index contributed by atoms with van der Waals surface area (Å²) >= 11 is 1.37. The molecule has 3 aromatic carbocycles. The molecule has 2 amide bonds. The monoisotopic (exact) mass is 490 g/mol. The van der Waals surface area contributed by atoms with E-state index in [1.165, 1.54) is 16.8 Å². The summed E-state index contributed by atoms with van der Waals surface area (Å²) in [6.45, 7) is 0. The molecule has 8 heteroatoms. The Hall–Kier alpha value is -3.91. The predicted molar refractivity (Wildman–Crippen MR) is 136 cm³/mol. The maximum Gasteiger partial charge on any atom is 0.280 e. The number of carbonyl (C=O) groups excluding carboxylic acids is 2. The van der Waals surface area contributed by atoms with Crippen LogP contribution in [0.15, 0.2) is 77.7 Å². The number of carbonyl (C=O) groups is 2. The molecule has 1 atom stereocenters. The van der Waals surface area contributed by atoms with Gasteiger partial charge in [-0.2, -0.15) is 0 Å². The molecule has 0 saturated carbocycles. The lowest BCUT2D eigenvalue weighted by Gasteiger charge is -2.24. The summed E-state index contributed by atoms with van der Waals surface area (Å²) in [6.07, 6.45) is 1.95. The molecule has 35 heavy (non-hydrogen) atoms. The highest BCUT2D eigenvalue weighted by molar-refractivity contribution is 8.04. The number of thioether (sulfide) groups is 1. The molecule has 1 aliphatic heterocycles. The summed E-state index contributed by atoms with van der Waals surface area (Å²) in [6, 6.07) is 22.3. The van der Waals surface area contributed by atoms with Crippen molar-refractivity contribution in [1.82, 2.24) is 10.4 Å². The molecule has 1 aliphatic rings. The van der Waals surface area contributed by atoms with Crippen LogP contribution in [0.4, 0.5) is 0 Å². The number of methoxy groups -OCH3 is 3. The van der Waals surface area contributed by atoms with Crippen molar-refractivity contribution < 1.29 is 23.8 Å². The van der Waals surface area contributed by atoms with E-state index < -0.39 is 5.37 Å². The van der Waals surface area contributed by atoms with Gasteiger partial charge in [-0.05, 0) is 47.0 Å². The highest BCUT2D eigenvalue weighted by Crippen LogP contribution is 2.45. The number of nitrogens with one attached hydrogen (secondary N) is 1. The fourth-order valence-corrected chi connectivity index (χ4v) is 4.88. The van der Waals surface area contributed by atoms with Gasteiger partial charge in [0.15, 0.2) is 11.5 Å². The molecular weight excluding hydrogens is 464 g/mol. The van der Waals surface area contributed by atoms with Crippen molar-refractivity contribution in [3.63, 3.8) is 0 Å². The third-order valence-electron chi connectivity index (χ3n) is 5.46. The van der Waals surface area contributed by atoms with E-state index in [9.17, 15) is 9.59 Å². The average molecular weight is 491 g/mol. The Bertz CT molecular complexity index is 1230. The Morgan fingerprint density at radius 3 is 2.31 bits per heavy atom. The molecule has 1 N–H and O–H groups in total. The van der Waals surface area contributed by atoms with Crippen molar-refractivity contribution in [2.45, 2.75) is 11.8 Å². The molecule has 0 aromatic heterocycles. The molecule has 0 spiro atoms. The Morgan fingerprint density at radius 2 is 1.66 bits per heavy atom. The van der Waals surface area contributed by atoms with Crippen molar-refractivity contribution >= 4 is 29.7 Å². The summed E-state index contributed by atoms with van der Waals surface area (Å²) in [7, 11) is 4.73. The van der Waals surface area contributed by atoms with Crippen molar-refractivity contribution in [2.24, 2.45) is 0 Å². The van der Waals surface area contributed by atoms with Crippen LogP contribution in [0.2, 0.25) is 0 Å². The molecule has 1 fully saturated rings. The zero-order valence-electron chi connectivity index (χ0n) is 19.7. The highest BCUT2D eigenvalue weighted by Gasteiger charge is 2.38. The first-order chi connectivity index (χ1) is 17.0. The van der Waals surface area contributed by atoms with Gasteiger partial charge in [0.25, 0.3) is 5.91 Å². The van der Waals surface area contributed by atoms with Crippen molar-refractivity contribution in [3.8, 4) is 17.2 Å². The minimum atomic E-state index is -0.431. The second-order valence-corrected chi connectivity index (χ2v) is 8.86. The normalized spacial score (nSPS) is 16.3. The lowest BCUT2D eigenvalue weighted by atomic mass is 10.1. The second kappa shape index (κ2) is 11.0. The van der Waals surface area contributed by atoms with Gasteiger partial charge in [-0.25, -0.2) is 5.01 Å². The lowest BCUT2D eigenvalue weighted by Crippen LogP contribution is -2.44. The van der Waals surface area contributed by atoms with Crippen LogP contribution in [0.1, 0.15) is 22.1 Å². The van der Waals surface area contributed by atoms with E-state index in [1.54, 1.807) is 39.5 Å². The first-order valence-electron chi connectivity index (χ1n) is 10.9. The van der Waals surface area contributed by atoms with Gasteiger partial charge in [-0.3, -0.25) is 15.0 Å². The zero-order valence-corrected chi connectivity index (χ0v) is 20.5. The van der Waals surface area contributed by atoms with Gasteiger partial charge in [0.05, 0.1) is 32.7 Å². The molecule has 1 heterocycles. The fraction of sp³-hybridized carbons (Fsp3) is 0.185. The second-order valence-electron chi connectivity index (χ2n) is 7.74. The quantitative estimate of drug-likeness (QED) is 0.465. The summed E-state index contributed by atoms with van der Waals surface area (Å²) < 4.78 is 15.9. The van der Waals surface area contributed by atoms with E-state index in [2.05, 4.69) is 5.43 Å². The molecule has 0 aliphatic carbocycles. The van der Waals surface area contributed by atoms with E-state index in [0.29, 0.717) is 22.2 Å². The predicted octanol–water partition coefficient (Wildman–Crippen LogP) is 4.60. The maximum atomic E-state index is 13.4. The Balaban J connectivity index is 1.63. The van der Waals surface area contributed by atoms with Gasteiger partial charge < -0.3 is 14.2 Å². The van der Waals surface area contributed by atoms with E-state index in [-0.39, 0.29) is 18.2 Å². The van der Waals surface area contributed by atoms with Crippen molar-refractivity contribution in [2.75, 3.05) is 21.3 Å². The van der Waals surface area contributed by atoms with E-state index in [4.69, 9.17) is 14.2 Å². The number of amides is 2. The highest BCUT2D eigenvalue weighted by atomic mass is 32.2. The largest absolute Gasteiger partial charge is 0.497 e. The third kappa shape index (κ3) is 5.60. The number of rotatable bonds is 8. The summed E-state index contributed by atoms with van der Waals surface area (Å²) in [4.78, 5) is 26.7. The smallest absolute Gasteiger partial charge is 0.280 e. The summed E-state index contributed by atoms with van der Waals surface area (Å²) in [5.41, 5.74) is 5.33. The first-order valence-corrected chi connectivity index (χ1v) is 11.8. The number of benzene rings is 3. The molecular formula is C27H26N2O5S. The number of nitrogens with zero attached hydrogens (tertiary/aromatic N) is 1. The van der Waals surface area contributed by atoms with Gasteiger partial charge in [0.1, 0.15) is 11.1 Å². The molecule has 4 rings (SSSR count). The molecule has 1 saturated heterocycles. The minimum Gasteiger partial charge on any atom is -0.497 e. The fourth-order valence-electron chi connectivity index (χ4n) is 3.69. The van der Waals surface area contributed by atoms with E-state index in [1.807, 2.05) is 60.7 Å². The molecule has 7 nitrogen and oxygen atoms in total. The standard InChI is InChI=1S/C27H26N2O5S/c1-32-21-12-10-20(11-13-21)27-29(28-25(30)17-18-7-5-4-6-8-18)26(31)24(35-27)16-19-9-14-22(33-2)23(15-19)34-3/h4-16,27H,17H2,1-3H3,(H,28,30)/b24-16-. The van der Waals surface area contributed by atoms with Crippen LogP contribution in [-0.2, 0) is 16.0 Å². The molecule has 0 bridgehead atoms. The van der Waals surface area contributed by atoms with Crippen LogP contribution >= 0.6 is 11.8 Å². The molecule has 180 valence electrons. The number of hydrogen-bond donors (Lipinski definition) is 1. The Kier molecular flexibility index (Phi) is 7.62. The minimum absolute atomic E-state index is 0.166. The number of ether oxygens (including phenoxy) is 3. The summed E-state index contributed by atoms with van der Waals surface area (Å²) in [5.74, 6) is 1.33. The third-order valence-corrected chi connectivity index (χ3v) is 6.71. The van der Waals surface area contributed by atoms with Crippen LogP contribution in [0, 0.1) is 0 Å². The topological polar surface area (TPSA) is 77.1 Å². The maximum absolute atomic E-state index is 13.4. The van der Waals surface area contributed by atoms with Gasteiger partial charge in [0, 0.05) is 0 Å². The SMILES string of the molecule is COc1ccc(C2S/C(=C\c3ccc(OC)c(OC)c3)C(=O)N2NC(=O)Cc2ccccc2)cc1. The lowest BCUT2D eigenvalue weighted by molar-refractivity contribution is -0.137. The van der Waals surface area contributed by atoms with Crippen LogP contribution in [-0.4, -0.2) is 38.2 Å². The van der Waals surface area contributed by atoms with Gasteiger partial charge in [0.2, 0.25) is 5.91 Å². The van der Waals surface area contributed by atoms with E-state index in [0.717, 1.165) is 16.7 Å². The molecule has 0 radical (unpaired) electrons. The zero-order chi connectivity index (χ0) is 24.8. The number of hydrazine groups is 1. The van der Waals surface area contributed by atoms with E-state index >= 15 is 0 Å². The average Bonchev–Trinajstić information content (AvgIpc) is 3.19. The van der Waals surface area contributed by atoms with Crippen LogP contribution in [0.25, 0.3) is 6.08 Å². The van der Waals surface area contributed by atoms with Crippen LogP contribution in [0.5, 0.6) is 17.2 Å². The van der Waals surface area contributed by atoms with Crippen molar-refractivity contribution in [1.29, 1.82) is 0 Å². The Morgan fingerprint density at radius 1 is 0.943 bits per heavy atom. The van der Waals surface area contributed by atoms with Crippen LogP contribution in [0.3, 0.4) is 0 Å². The van der Waals surface area contributed by atoms with Gasteiger partial charge in [-0.1, -0.05) is 60.3 Å². The van der Waals surface area contributed by atoms with Crippen molar-refractivity contribution in [3.05, 3.63) is 94.4 Å². The Labute approximate surface area is 208 Å². The van der Waals surface area contributed by atoms with Gasteiger partial charge >= 0.3 is 0 Å². The number of hydrogen-bond acceptors (Lipinski definition) is 6. The molecule has 3 aromatic rings. The van der Waals surface area contributed by atoms with Gasteiger partial charge in [-0.15, -0.1) is 0 Å². The summed E-state index contributed by atoms with van der Waals surface area (Å²) in [5, 5.41) is 0.962. The molecule has 1 unspecified atom stereocenters. The first kappa shape index (κ1) is 24.2. The van der Waals surface area contributed by atoms with Crippen LogP contribution < -0.4 is 19.6 Å².